The van der Waals surface area contributed by atoms with Crippen molar-refractivity contribution in [2.45, 2.75) is 4.90 Å². The van der Waals surface area contributed by atoms with Crippen LogP contribution in [0.1, 0.15) is 0 Å². The van der Waals surface area contributed by atoms with E-state index in [-0.39, 0.29) is 8.72 Å². The molecule has 8 nitrogen and oxygen atoms in total. The minimum atomic E-state index is -3.82. The first-order valence-corrected chi connectivity index (χ1v) is 9.54. The van der Waals surface area contributed by atoms with Crippen LogP contribution in [0.5, 0.6) is 0 Å². The number of H-pyrrole nitrogens is 1. The molecule has 2 aromatic heterocycles. The molecule has 0 aliphatic rings. The molecular formula is C9H10N4O4S3. The predicted molar refractivity (Wildman–Crippen MR) is 76.2 cm³/mol. The first kappa shape index (κ1) is 13.6. The fourth-order valence-corrected chi connectivity index (χ4v) is 4.17. The van der Waals surface area contributed by atoms with Gasteiger partial charge in [0, 0.05) is 6.26 Å². The average molecular weight is 334 g/mol. The molecule has 0 bridgehead atoms. The summed E-state index contributed by atoms with van der Waals surface area (Å²) in [5.41, 5.74) is 1.27. The lowest BCUT2D eigenvalue weighted by molar-refractivity contribution is 0.563. The number of benzene rings is 1. The number of hydrogen-bond acceptors (Lipinski definition) is 5. The normalized spacial score (nSPS) is 15.8. The van der Waals surface area contributed by atoms with Crippen molar-refractivity contribution in [1.82, 2.24) is 14.0 Å². The summed E-state index contributed by atoms with van der Waals surface area (Å²) < 4.78 is 48.6. The summed E-state index contributed by atoms with van der Waals surface area (Å²) >= 11 is 0.974. The minimum Gasteiger partial charge on any atom is -0.312 e. The van der Waals surface area contributed by atoms with Crippen molar-refractivity contribution in [3.05, 3.63) is 22.0 Å². The van der Waals surface area contributed by atoms with Gasteiger partial charge in [-0.3, -0.25) is 0 Å². The molecular weight excluding hydrogens is 324 g/mol. The van der Waals surface area contributed by atoms with Gasteiger partial charge in [-0.1, -0.05) is 0 Å². The van der Waals surface area contributed by atoms with E-state index in [1.54, 1.807) is 0 Å². The van der Waals surface area contributed by atoms with Crippen LogP contribution >= 0.6 is 11.5 Å². The average Bonchev–Trinajstić information content (AvgIpc) is 2.83. The number of aromatic amines is 1. The van der Waals surface area contributed by atoms with E-state index in [1.807, 2.05) is 0 Å². The van der Waals surface area contributed by atoms with Crippen molar-refractivity contribution in [1.29, 1.82) is 0 Å². The van der Waals surface area contributed by atoms with Crippen LogP contribution in [0.15, 0.2) is 23.1 Å². The maximum atomic E-state index is 11.7. The number of imidazole rings is 1. The maximum absolute atomic E-state index is 11.7. The molecule has 1 aromatic carbocycles. The molecule has 2 heterocycles. The number of aromatic nitrogens is 3. The zero-order chi connectivity index (χ0) is 14.7. The molecule has 1 atom stereocenters. The molecule has 4 N–H and O–H groups in total. The first-order chi connectivity index (χ1) is 9.18. The van der Waals surface area contributed by atoms with E-state index < -0.39 is 19.8 Å². The van der Waals surface area contributed by atoms with Crippen LogP contribution in [0, 0.1) is 3.82 Å². The lowest BCUT2D eigenvalue weighted by Gasteiger charge is -1.97. The van der Waals surface area contributed by atoms with Gasteiger partial charge in [-0.2, -0.15) is 0 Å². The largest absolute Gasteiger partial charge is 0.312 e. The van der Waals surface area contributed by atoms with Crippen LogP contribution < -0.4 is 5.14 Å². The fourth-order valence-electron chi connectivity index (χ4n) is 1.84. The number of hydrogen-bond donors (Lipinski definition) is 3. The molecule has 1 unspecified atom stereocenters. The first-order valence-electron chi connectivity index (χ1n) is 5.25. The second-order valence-electron chi connectivity index (χ2n) is 4.25. The summed E-state index contributed by atoms with van der Waals surface area (Å²) in [5, 5.41) is 5.08. The van der Waals surface area contributed by atoms with Crippen molar-refractivity contribution < 1.29 is 17.2 Å². The summed E-state index contributed by atoms with van der Waals surface area (Å²) in [4.78, 5) is 4.19. The van der Waals surface area contributed by atoms with Gasteiger partial charge in [-0.05, 0) is 29.7 Å². The number of primary sulfonamides is 1. The Labute approximate surface area is 117 Å². The Balaban J connectivity index is 2.53. The van der Waals surface area contributed by atoms with Crippen molar-refractivity contribution in [2.75, 3.05) is 6.26 Å². The molecule has 0 saturated carbocycles. The topological polar surface area (TPSA) is 131 Å². The number of sulfonamides is 1. The van der Waals surface area contributed by atoms with Gasteiger partial charge in [0.2, 0.25) is 10.0 Å². The summed E-state index contributed by atoms with van der Waals surface area (Å²) in [6, 6.07) is 4.21. The quantitative estimate of drug-likeness (QED) is 0.556. The smallest absolute Gasteiger partial charge is 0.238 e. The highest BCUT2D eigenvalue weighted by Crippen LogP contribution is 2.22. The Morgan fingerprint density at radius 1 is 1.40 bits per heavy atom. The van der Waals surface area contributed by atoms with E-state index >= 15 is 0 Å². The molecule has 0 aliphatic heterocycles. The van der Waals surface area contributed by atoms with Gasteiger partial charge in [0.1, 0.15) is 9.80 Å². The fraction of sp³-hybridized carbons (Fsp3) is 0.111. The zero-order valence-corrected chi connectivity index (χ0v) is 12.6. The number of nitrogens with zero attached hydrogens (tertiary/aromatic N) is 2. The molecule has 0 fully saturated rings. The van der Waals surface area contributed by atoms with Crippen molar-refractivity contribution in [3.63, 3.8) is 0 Å². The third kappa shape index (κ3) is 2.03. The van der Waals surface area contributed by atoms with Gasteiger partial charge in [0.25, 0.3) is 0 Å². The second kappa shape index (κ2) is 4.05. The predicted octanol–water partition coefficient (Wildman–Crippen LogP) is 0.444. The van der Waals surface area contributed by atoms with Gasteiger partial charge in [0.15, 0.2) is 9.47 Å². The zero-order valence-electron chi connectivity index (χ0n) is 10.1. The van der Waals surface area contributed by atoms with Crippen molar-refractivity contribution in [3.8, 4) is 0 Å². The molecule has 0 amide bonds. The van der Waals surface area contributed by atoms with E-state index in [2.05, 4.69) is 9.47 Å². The molecule has 0 radical (unpaired) electrons. The lowest BCUT2D eigenvalue weighted by Crippen LogP contribution is -2.11. The van der Waals surface area contributed by atoms with Crippen LogP contribution in [-0.4, -0.2) is 37.4 Å². The molecule has 11 heteroatoms. The highest BCUT2D eigenvalue weighted by Gasteiger charge is 2.14. The van der Waals surface area contributed by atoms with E-state index in [4.69, 9.17) is 5.14 Å². The highest BCUT2D eigenvalue weighted by atomic mass is 32.2. The summed E-state index contributed by atoms with van der Waals surface area (Å²) in [6.45, 7) is 0. The van der Waals surface area contributed by atoms with Crippen molar-refractivity contribution in [2.24, 2.45) is 5.14 Å². The third-order valence-electron chi connectivity index (χ3n) is 2.71. The van der Waals surface area contributed by atoms with Crippen LogP contribution in [-0.2, 0) is 19.8 Å². The molecule has 0 saturated heterocycles. The number of fused-ring (bicyclic) bond motifs is 3. The number of nitrogens with one attached hydrogen (secondary N) is 1. The van der Waals surface area contributed by atoms with Crippen LogP contribution in [0.4, 0.5) is 0 Å². The SMILES string of the molecule is CS(=O)(O)=c1s[nH]n2c1nc1ccc(S(N)(=O)=O)cc12. The van der Waals surface area contributed by atoms with Gasteiger partial charge in [-0.15, -0.1) is 0 Å². The summed E-state index contributed by atoms with van der Waals surface area (Å²) in [6.07, 6.45) is 1.20. The number of nitrogens with two attached hydrogens (primary N) is 1. The van der Waals surface area contributed by atoms with Crippen LogP contribution in [0.3, 0.4) is 0 Å². The monoisotopic (exact) mass is 334 g/mol. The lowest BCUT2D eigenvalue weighted by atomic mass is 10.3. The third-order valence-corrected chi connectivity index (χ3v) is 6.31. The Morgan fingerprint density at radius 2 is 2.10 bits per heavy atom. The van der Waals surface area contributed by atoms with E-state index in [1.165, 1.54) is 29.0 Å². The van der Waals surface area contributed by atoms with Gasteiger partial charge in [0.05, 0.1) is 15.9 Å². The Morgan fingerprint density at radius 3 is 2.70 bits per heavy atom. The highest BCUT2D eigenvalue weighted by molar-refractivity contribution is 7.90. The van der Waals surface area contributed by atoms with E-state index in [0.717, 1.165) is 11.5 Å². The Hall–Kier alpha value is -1.40. The molecule has 3 aromatic rings. The summed E-state index contributed by atoms with van der Waals surface area (Å²) in [5.74, 6) is 0. The van der Waals surface area contributed by atoms with Crippen molar-refractivity contribution >= 4 is 48.0 Å². The summed E-state index contributed by atoms with van der Waals surface area (Å²) in [7, 11) is -6.98. The molecule has 0 spiro atoms. The van der Waals surface area contributed by atoms with Gasteiger partial charge in [-0.25, -0.2) is 31.8 Å². The van der Waals surface area contributed by atoms with E-state index in [0.29, 0.717) is 16.7 Å². The Bertz CT molecular complexity index is 1090. The second-order valence-corrected chi connectivity index (χ2v) is 8.88. The minimum absolute atomic E-state index is 0.0471. The van der Waals surface area contributed by atoms with Crippen LogP contribution in [0.25, 0.3) is 16.7 Å². The van der Waals surface area contributed by atoms with Gasteiger partial charge < -0.3 is 4.55 Å². The number of rotatable bonds is 1. The molecule has 0 aliphatic carbocycles. The van der Waals surface area contributed by atoms with E-state index in [9.17, 15) is 17.2 Å². The molecule has 3 rings (SSSR count). The standard InChI is InChI=1S/C9H10N4O4S3/c1-19(14,15)9-8-11-6-3-2-5(20(10,16)17)4-7(6)13(8)12-18-9/h2-4,12H,1H3,(H,14,15)(H2,10,16,17). The van der Waals surface area contributed by atoms with Gasteiger partial charge >= 0.3 is 0 Å². The molecule has 108 valence electrons. The molecule has 20 heavy (non-hydrogen) atoms. The van der Waals surface area contributed by atoms with Crippen LogP contribution in [0.2, 0.25) is 0 Å². The Kier molecular flexibility index (Phi) is 2.75. The maximum Gasteiger partial charge on any atom is 0.238 e.